The molecule has 4 nitrogen and oxygen atoms in total. The molecule has 0 saturated heterocycles. The third-order valence-corrected chi connectivity index (χ3v) is 4.25. The molecule has 0 amide bonds. The predicted octanol–water partition coefficient (Wildman–Crippen LogP) is 4.63. The Labute approximate surface area is 136 Å². The highest BCUT2D eigenvalue weighted by atomic mass is 16.5. The monoisotopic (exact) mass is 311 g/mol. The third kappa shape index (κ3) is 2.82. The molecular weight excluding hydrogens is 290 g/mol. The van der Waals surface area contributed by atoms with Crippen molar-refractivity contribution in [1.29, 1.82) is 0 Å². The average Bonchev–Trinajstić information content (AvgIpc) is 2.64. The summed E-state index contributed by atoms with van der Waals surface area (Å²) in [5, 5.41) is 12.3. The van der Waals surface area contributed by atoms with Gasteiger partial charge in [0.1, 0.15) is 0 Å². The van der Waals surface area contributed by atoms with Crippen molar-refractivity contribution in [3.8, 4) is 0 Å². The fourth-order valence-corrected chi connectivity index (χ4v) is 3.26. The van der Waals surface area contributed by atoms with E-state index in [1.165, 1.54) is 11.1 Å². The summed E-state index contributed by atoms with van der Waals surface area (Å²) in [6.45, 7) is 8.31. The maximum absolute atomic E-state index is 10.9. The zero-order valence-electron chi connectivity index (χ0n) is 13.8. The van der Waals surface area contributed by atoms with E-state index in [0.29, 0.717) is 0 Å². The number of hydrogen-bond donors (Lipinski definition) is 2. The van der Waals surface area contributed by atoms with Gasteiger partial charge in [0.2, 0.25) is 0 Å². The van der Waals surface area contributed by atoms with E-state index in [9.17, 15) is 4.79 Å². The van der Waals surface area contributed by atoms with Gasteiger partial charge in [0.15, 0.2) is 0 Å². The summed E-state index contributed by atoms with van der Waals surface area (Å²) in [6.07, 6.45) is 0. The predicted molar refractivity (Wildman–Crippen MR) is 90.3 cm³/mol. The van der Waals surface area contributed by atoms with Crippen LogP contribution in [0.4, 0.5) is 11.4 Å². The summed E-state index contributed by atoms with van der Waals surface area (Å²) in [5.41, 5.74) is 3.85. The zero-order valence-corrected chi connectivity index (χ0v) is 13.8. The molecule has 2 N–H and O–H groups in total. The van der Waals surface area contributed by atoms with Gasteiger partial charge < -0.3 is 15.2 Å². The highest BCUT2D eigenvalue weighted by Crippen LogP contribution is 2.47. The van der Waals surface area contributed by atoms with Crippen LogP contribution in [0, 0.1) is 0 Å². The van der Waals surface area contributed by atoms with E-state index < -0.39 is 5.97 Å². The van der Waals surface area contributed by atoms with E-state index in [-0.39, 0.29) is 16.8 Å². The first-order valence-electron chi connectivity index (χ1n) is 7.65. The second-order valence-corrected chi connectivity index (χ2v) is 6.89. The fourth-order valence-electron chi connectivity index (χ4n) is 3.26. The molecule has 0 radical (unpaired) electrons. The first kappa shape index (κ1) is 15.6. The van der Waals surface area contributed by atoms with E-state index in [4.69, 9.17) is 9.84 Å². The number of ether oxygens (including phenoxy) is 1. The van der Waals surface area contributed by atoms with Gasteiger partial charge in [-0.1, -0.05) is 6.07 Å². The molecule has 0 spiro atoms. The minimum Gasteiger partial charge on any atom is -0.478 e. The zero-order chi connectivity index (χ0) is 16.8. The molecule has 0 bridgehead atoms. The van der Waals surface area contributed by atoms with E-state index in [0.717, 1.165) is 11.4 Å². The summed E-state index contributed by atoms with van der Waals surface area (Å²) in [6, 6.07) is 12.9. The lowest BCUT2D eigenvalue weighted by Crippen LogP contribution is -2.22. The Kier molecular flexibility index (Phi) is 3.45. The van der Waals surface area contributed by atoms with Crippen LogP contribution in [0.3, 0.4) is 0 Å². The number of nitrogens with one attached hydrogen (secondary N) is 1. The molecule has 1 aliphatic rings. The molecule has 23 heavy (non-hydrogen) atoms. The molecule has 0 fully saturated rings. The van der Waals surface area contributed by atoms with Crippen molar-refractivity contribution >= 4 is 17.3 Å². The smallest absolute Gasteiger partial charge is 0.335 e. The van der Waals surface area contributed by atoms with Gasteiger partial charge in [-0.05, 0) is 75.2 Å². The molecule has 1 heterocycles. The Morgan fingerprint density at radius 1 is 0.913 bits per heavy atom. The van der Waals surface area contributed by atoms with Crippen molar-refractivity contribution in [3.05, 3.63) is 59.2 Å². The molecular formula is C19H21NO3. The van der Waals surface area contributed by atoms with Crippen molar-refractivity contribution in [1.82, 2.24) is 0 Å². The maximum atomic E-state index is 10.9. The Bertz CT molecular complexity index is 761. The van der Waals surface area contributed by atoms with Crippen molar-refractivity contribution in [3.63, 3.8) is 0 Å². The molecule has 4 heteroatoms. The van der Waals surface area contributed by atoms with Gasteiger partial charge in [0.25, 0.3) is 0 Å². The van der Waals surface area contributed by atoms with Crippen LogP contribution in [-0.2, 0) is 15.9 Å². The summed E-state index contributed by atoms with van der Waals surface area (Å²) >= 11 is 0. The largest absolute Gasteiger partial charge is 0.478 e. The van der Waals surface area contributed by atoms with Gasteiger partial charge in [0, 0.05) is 11.4 Å². The number of fused-ring (bicyclic) bond motifs is 1. The van der Waals surface area contributed by atoms with Gasteiger partial charge in [-0.25, -0.2) is 4.79 Å². The number of anilines is 2. The number of hydrogen-bond acceptors (Lipinski definition) is 3. The molecule has 1 aliphatic heterocycles. The van der Waals surface area contributed by atoms with Crippen LogP contribution in [-0.4, -0.2) is 11.1 Å². The molecule has 0 saturated carbocycles. The second-order valence-electron chi connectivity index (χ2n) is 6.89. The second kappa shape index (κ2) is 5.10. The van der Waals surface area contributed by atoms with Gasteiger partial charge in [-0.3, -0.25) is 0 Å². The van der Waals surface area contributed by atoms with Crippen LogP contribution in [0.25, 0.3) is 0 Å². The van der Waals surface area contributed by atoms with E-state index >= 15 is 0 Å². The lowest BCUT2D eigenvalue weighted by Gasteiger charge is -2.24. The molecule has 0 aromatic heterocycles. The minimum atomic E-state index is -0.921. The number of benzene rings is 2. The first-order valence-corrected chi connectivity index (χ1v) is 7.65. The number of carboxylic acids is 1. The standard InChI is InChI=1S/C19H21NO3/c1-18(2)15-10-9-14(11-16(15)19(3,4)23-18)20-13-7-5-12(6-8-13)17(21)22/h5-11,20H,1-4H3,(H,21,22). The Hall–Kier alpha value is -2.33. The molecule has 0 aliphatic carbocycles. The van der Waals surface area contributed by atoms with Crippen LogP contribution < -0.4 is 5.32 Å². The Balaban J connectivity index is 1.90. The number of carboxylic acid groups (broad SMARTS) is 1. The molecule has 120 valence electrons. The van der Waals surface area contributed by atoms with Crippen LogP contribution in [0.1, 0.15) is 49.2 Å². The average molecular weight is 311 g/mol. The lowest BCUT2D eigenvalue weighted by molar-refractivity contribution is -0.105. The van der Waals surface area contributed by atoms with E-state index in [2.05, 4.69) is 45.1 Å². The fraction of sp³-hybridized carbons (Fsp3) is 0.316. The first-order chi connectivity index (χ1) is 10.7. The summed E-state index contributed by atoms with van der Waals surface area (Å²) < 4.78 is 6.16. The van der Waals surface area contributed by atoms with Gasteiger partial charge in [0.05, 0.1) is 16.8 Å². The Morgan fingerprint density at radius 2 is 1.48 bits per heavy atom. The number of rotatable bonds is 3. The van der Waals surface area contributed by atoms with Crippen LogP contribution >= 0.6 is 0 Å². The van der Waals surface area contributed by atoms with Gasteiger partial charge >= 0.3 is 5.97 Å². The summed E-state index contributed by atoms with van der Waals surface area (Å²) in [4.78, 5) is 10.9. The molecule has 0 atom stereocenters. The van der Waals surface area contributed by atoms with Crippen molar-refractivity contribution in [2.24, 2.45) is 0 Å². The summed E-state index contributed by atoms with van der Waals surface area (Å²) in [5.74, 6) is -0.921. The lowest BCUT2D eigenvalue weighted by atomic mass is 9.90. The maximum Gasteiger partial charge on any atom is 0.335 e. The minimum absolute atomic E-state index is 0.279. The number of aromatic carboxylic acids is 1. The van der Waals surface area contributed by atoms with Crippen molar-refractivity contribution in [2.45, 2.75) is 38.9 Å². The van der Waals surface area contributed by atoms with Crippen molar-refractivity contribution < 1.29 is 14.6 Å². The van der Waals surface area contributed by atoms with E-state index in [1.807, 2.05) is 6.07 Å². The quantitative estimate of drug-likeness (QED) is 0.867. The SMILES string of the molecule is CC1(C)OC(C)(C)c2cc(Nc3ccc(C(=O)O)cc3)ccc21. The van der Waals surface area contributed by atoms with Gasteiger partial charge in [-0.2, -0.15) is 0 Å². The molecule has 3 rings (SSSR count). The highest BCUT2D eigenvalue weighted by Gasteiger charge is 2.42. The molecule has 0 unspecified atom stereocenters. The normalized spacial score (nSPS) is 17.6. The van der Waals surface area contributed by atoms with E-state index in [1.54, 1.807) is 24.3 Å². The molecule has 2 aromatic rings. The molecule has 2 aromatic carbocycles. The summed E-state index contributed by atoms with van der Waals surface area (Å²) in [7, 11) is 0. The van der Waals surface area contributed by atoms with Crippen LogP contribution in [0.5, 0.6) is 0 Å². The van der Waals surface area contributed by atoms with Crippen LogP contribution in [0.15, 0.2) is 42.5 Å². The Morgan fingerprint density at radius 3 is 2.09 bits per heavy atom. The third-order valence-electron chi connectivity index (χ3n) is 4.25. The number of carbonyl (C=O) groups is 1. The topological polar surface area (TPSA) is 58.6 Å². The van der Waals surface area contributed by atoms with Gasteiger partial charge in [-0.15, -0.1) is 0 Å². The van der Waals surface area contributed by atoms with Crippen molar-refractivity contribution in [2.75, 3.05) is 5.32 Å². The van der Waals surface area contributed by atoms with Crippen LogP contribution in [0.2, 0.25) is 0 Å². The highest BCUT2D eigenvalue weighted by molar-refractivity contribution is 5.88.